The van der Waals surface area contributed by atoms with Gasteiger partial charge in [0.15, 0.2) is 11.5 Å². The van der Waals surface area contributed by atoms with E-state index in [1.165, 1.54) is 14.2 Å². The zero-order chi connectivity index (χ0) is 19.0. The molecule has 0 radical (unpaired) electrons. The Labute approximate surface area is 149 Å². The van der Waals surface area contributed by atoms with Crippen LogP contribution < -0.4 is 9.47 Å². The Balaban J connectivity index is 3.03. The van der Waals surface area contributed by atoms with Crippen LogP contribution in [-0.4, -0.2) is 76.7 Å². The van der Waals surface area contributed by atoms with Gasteiger partial charge in [-0.25, -0.2) is 0 Å². The van der Waals surface area contributed by atoms with Crippen LogP contribution in [0.3, 0.4) is 0 Å². The molecule has 0 N–H and O–H groups in total. The number of hydrogen-bond acceptors (Lipinski definition) is 6. The fourth-order valence-electron chi connectivity index (χ4n) is 2.35. The zero-order valence-electron chi connectivity index (χ0n) is 15.9. The van der Waals surface area contributed by atoms with Crippen molar-refractivity contribution in [2.75, 3.05) is 55.1 Å². The van der Waals surface area contributed by atoms with Crippen LogP contribution in [-0.2, 0) is 9.53 Å². The van der Waals surface area contributed by atoms with E-state index < -0.39 is 5.92 Å². The Morgan fingerprint density at radius 1 is 1.04 bits per heavy atom. The van der Waals surface area contributed by atoms with Gasteiger partial charge in [-0.05, 0) is 32.3 Å². The maximum atomic E-state index is 12.9. The number of rotatable bonds is 9. The normalized spacial score (nSPS) is 11.8. The fraction of sp³-hybridized carbons (Fsp3) is 0.556. The lowest BCUT2D eigenvalue weighted by molar-refractivity contribution is -0.145. The molecule has 7 heteroatoms. The van der Waals surface area contributed by atoms with Crippen molar-refractivity contribution in [3.05, 3.63) is 23.8 Å². The number of nitrogens with zero attached hydrogens (tertiary/aromatic N) is 2. The molecule has 140 valence electrons. The zero-order valence-corrected chi connectivity index (χ0v) is 15.9. The Morgan fingerprint density at radius 3 is 2.20 bits per heavy atom. The fourth-order valence-corrected chi connectivity index (χ4v) is 2.35. The summed E-state index contributed by atoms with van der Waals surface area (Å²) in [6, 6.07) is 5.03. The Morgan fingerprint density at radius 2 is 1.68 bits per heavy atom. The predicted octanol–water partition coefficient (Wildman–Crippen LogP) is 1.52. The average Bonchev–Trinajstić information content (AvgIpc) is 2.62. The highest BCUT2D eigenvalue weighted by atomic mass is 16.5. The molecule has 0 fully saturated rings. The van der Waals surface area contributed by atoms with Crippen LogP contribution in [0.25, 0.3) is 0 Å². The molecule has 0 saturated carbocycles. The number of ether oxygens (including phenoxy) is 3. The van der Waals surface area contributed by atoms with Crippen LogP contribution in [0, 0.1) is 5.92 Å². The van der Waals surface area contributed by atoms with E-state index in [-0.39, 0.29) is 18.4 Å². The molecule has 0 heterocycles. The number of carbonyl (C=O) groups excluding carboxylic acids is 2. The highest BCUT2D eigenvalue weighted by Gasteiger charge is 2.23. The molecule has 1 unspecified atom stereocenters. The number of methoxy groups -OCH3 is 3. The van der Waals surface area contributed by atoms with Gasteiger partial charge < -0.3 is 24.0 Å². The molecule has 0 aliphatic heterocycles. The number of hydrogen-bond donors (Lipinski definition) is 0. The van der Waals surface area contributed by atoms with Gasteiger partial charge in [0.2, 0.25) is 0 Å². The van der Waals surface area contributed by atoms with E-state index >= 15 is 0 Å². The van der Waals surface area contributed by atoms with Gasteiger partial charge in [0.05, 0.1) is 27.2 Å². The van der Waals surface area contributed by atoms with E-state index in [2.05, 4.69) is 0 Å². The summed E-state index contributed by atoms with van der Waals surface area (Å²) >= 11 is 0. The molecule has 1 amide bonds. The van der Waals surface area contributed by atoms with Gasteiger partial charge in [0.25, 0.3) is 5.91 Å². The monoisotopic (exact) mass is 352 g/mol. The van der Waals surface area contributed by atoms with Crippen molar-refractivity contribution in [1.29, 1.82) is 0 Å². The second kappa shape index (κ2) is 9.88. The summed E-state index contributed by atoms with van der Waals surface area (Å²) in [5.74, 6) is 0.133. The minimum absolute atomic E-state index is 0.168. The van der Waals surface area contributed by atoms with E-state index in [1.54, 1.807) is 37.1 Å². The van der Waals surface area contributed by atoms with Crippen molar-refractivity contribution < 1.29 is 23.8 Å². The lowest BCUT2D eigenvalue weighted by Gasteiger charge is -2.26. The third-order valence-electron chi connectivity index (χ3n) is 3.83. The summed E-state index contributed by atoms with van der Waals surface area (Å²) in [6.07, 6.45) is 0. The molecule has 0 saturated heterocycles. The molecule has 1 aromatic rings. The lowest BCUT2D eigenvalue weighted by Crippen LogP contribution is -2.41. The van der Waals surface area contributed by atoms with Crippen molar-refractivity contribution in [3.63, 3.8) is 0 Å². The second-order valence-electron chi connectivity index (χ2n) is 6.05. The first kappa shape index (κ1) is 20.8. The van der Waals surface area contributed by atoms with E-state index in [0.717, 1.165) is 0 Å². The van der Waals surface area contributed by atoms with Crippen LogP contribution >= 0.6 is 0 Å². The summed E-state index contributed by atoms with van der Waals surface area (Å²) in [7, 11) is 8.28. The van der Waals surface area contributed by atoms with Crippen LogP contribution in [0.15, 0.2) is 18.2 Å². The minimum atomic E-state index is -0.406. The minimum Gasteiger partial charge on any atom is -0.493 e. The molecule has 0 aliphatic rings. The summed E-state index contributed by atoms with van der Waals surface area (Å²) in [5, 5.41) is 0. The third kappa shape index (κ3) is 5.94. The van der Waals surface area contributed by atoms with Gasteiger partial charge >= 0.3 is 5.97 Å². The highest BCUT2D eigenvalue weighted by Crippen LogP contribution is 2.28. The van der Waals surface area contributed by atoms with Crippen molar-refractivity contribution in [1.82, 2.24) is 9.80 Å². The largest absolute Gasteiger partial charge is 0.493 e. The van der Waals surface area contributed by atoms with Gasteiger partial charge in [-0.1, -0.05) is 6.92 Å². The molecule has 0 aromatic heterocycles. The SMILES string of the molecule is COC(=O)C(C)CN(CCN(C)C)C(=O)c1ccc(OC)c(OC)c1. The summed E-state index contributed by atoms with van der Waals surface area (Å²) in [4.78, 5) is 28.3. The van der Waals surface area contributed by atoms with Gasteiger partial charge in [0, 0.05) is 25.2 Å². The molecule has 0 spiro atoms. The topological polar surface area (TPSA) is 68.3 Å². The van der Waals surface area contributed by atoms with Crippen molar-refractivity contribution in [3.8, 4) is 11.5 Å². The number of likely N-dealkylation sites (N-methyl/N-ethyl adjacent to an activating group) is 1. The molecular weight excluding hydrogens is 324 g/mol. The first-order valence-electron chi connectivity index (χ1n) is 8.07. The molecule has 25 heavy (non-hydrogen) atoms. The van der Waals surface area contributed by atoms with Gasteiger partial charge in [-0.15, -0.1) is 0 Å². The Bertz CT molecular complexity index is 589. The number of amides is 1. The van der Waals surface area contributed by atoms with Crippen LogP contribution in [0.4, 0.5) is 0 Å². The number of benzene rings is 1. The standard InChI is InChI=1S/C18H28N2O5/c1-13(18(22)25-6)12-20(10-9-19(2)3)17(21)14-7-8-15(23-4)16(11-14)24-5/h7-8,11,13H,9-10,12H2,1-6H3. The summed E-state index contributed by atoms with van der Waals surface area (Å²) < 4.78 is 15.2. The molecule has 0 bridgehead atoms. The predicted molar refractivity (Wildman–Crippen MR) is 95.2 cm³/mol. The maximum Gasteiger partial charge on any atom is 0.310 e. The Kier molecular flexibility index (Phi) is 8.21. The number of carbonyl (C=O) groups is 2. The molecule has 0 aliphatic carbocycles. The van der Waals surface area contributed by atoms with Crippen LogP contribution in [0.5, 0.6) is 11.5 Å². The third-order valence-corrected chi connectivity index (χ3v) is 3.83. The van der Waals surface area contributed by atoms with Crippen LogP contribution in [0.2, 0.25) is 0 Å². The van der Waals surface area contributed by atoms with Crippen LogP contribution in [0.1, 0.15) is 17.3 Å². The molecule has 1 atom stereocenters. The van der Waals surface area contributed by atoms with Crippen molar-refractivity contribution in [2.45, 2.75) is 6.92 Å². The first-order valence-corrected chi connectivity index (χ1v) is 8.07. The molecule has 1 aromatic carbocycles. The highest BCUT2D eigenvalue weighted by molar-refractivity contribution is 5.95. The summed E-state index contributed by atoms with van der Waals surface area (Å²) in [6.45, 7) is 3.22. The van der Waals surface area contributed by atoms with E-state index in [0.29, 0.717) is 30.2 Å². The first-order chi connectivity index (χ1) is 11.8. The van der Waals surface area contributed by atoms with Gasteiger partial charge in [-0.3, -0.25) is 9.59 Å². The molecular formula is C18H28N2O5. The second-order valence-corrected chi connectivity index (χ2v) is 6.05. The maximum absolute atomic E-state index is 12.9. The number of esters is 1. The van der Waals surface area contributed by atoms with E-state index in [1.807, 2.05) is 19.0 Å². The Hall–Kier alpha value is -2.28. The average molecular weight is 352 g/mol. The van der Waals surface area contributed by atoms with Crippen molar-refractivity contribution >= 4 is 11.9 Å². The van der Waals surface area contributed by atoms with E-state index in [9.17, 15) is 9.59 Å². The van der Waals surface area contributed by atoms with Gasteiger partial charge in [0.1, 0.15) is 0 Å². The molecule has 1 rings (SSSR count). The summed E-state index contributed by atoms with van der Waals surface area (Å²) in [5.41, 5.74) is 0.480. The van der Waals surface area contributed by atoms with E-state index in [4.69, 9.17) is 14.2 Å². The van der Waals surface area contributed by atoms with Crippen molar-refractivity contribution in [2.24, 2.45) is 5.92 Å². The lowest BCUT2D eigenvalue weighted by atomic mass is 10.1. The molecule has 7 nitrogen and oxygen atoms in total. The van der Waals surface area contributed by atoms with Gasteiger partial charge in [-0.2, -0.15) is 0 Å². The quantitative estimate of drug-likeness (QED) is 0.628. The smallest absolute Gasteiger partial charge is 0.310 e.